The molecule has 0 heterocycles. The molecule has 1 atom stereocenters. The topological polar surface area (TPSA) is 119 Å². The maximum absolute atomic E-state index is 11.5. The first-order valence-electron chi connectivity index (χ1n) is 5.95. The van der Waals surface area contributed by atoms with Crippen molar-refractivity contribution >= 4 is 23.5 Å². The van der Waals surface area contributed by atoms with Gasteiger partial charge in [0.2, 0.25) is 5.91 Å². The fraction of sp³-hybridized carbons (Fsp3) is 0.308. The molecule has 1 aromatic carbocycles. The van der Waals surface area contributed by atoms with Crippen molar-refractivity contribution in [2.24, 2.45) is 5.73 Å². The molecule has 1 rings (SSSR count). The van der Waals surface area contributed by atoms with Crippen LogP contribution in [-0.4, -0.2) is 29.0 Å². The van der Waals surface area contributed by atoms with Gasteiger partial charge in [-0.1, -0.05) is 0 Å². The summed E-state index contributed by atoms with van der Waals surface area (Å²) >= 11 is 0. The largest absolute Gasteiger partial charge is 0.480 e. The van der Waals surface area contributed by atoms with Crippen LogP contribution in [0.15, 0.2) is 24.3 Å². The quantitative estimate of drug-likeness (QED) is 0.522. The summed E-state index contributed by atoms with van der Waals surface area (Å²) in [6, 6.07) is 5.16. The van der Waals surface area contributed by atoms with Crippen LogP contribution >= 0.6 is 0 Å². The van der Waals surface area contributed by atoms with Gasteiger partial charge < -0.3 is 20.9 Å². The first kappa shape index (κ1) is 15.6. The third kappa shape index (κ3) is 5.49. The van der Waals surface area contributed by atoms with Crippen LogP contribution in [0, 0.1) is 0 Å². The number of hydrogen-bond donors (Lipinski definition) is 3. The first-order valence-corrected chi connectivity index (χ1v) is 5.95. The number of carboxylic acid groups (broad SMARTS) is 1. The van der Waals surface area contributed by atoms with Gasteiger partial charge in [-0.2, -0.15) is 0 Å². The predicted molar refractivity (Wildman–Crippen MR) is 71.2 cm³/mol. The second-order valence-electron chi connectivity index (χ2n) is 4.16. The molecule has 0 unspecified atom stereocenters. The number of ether oxygens (including phenoxy) is 1. The average Bonchev–Trinajstić information content (AvgIpc) is 2.37. The minimum absolute atomic E-state index is 0.0120. The number of anilines is 1. The Morgan fingerprint density at radius 1 is 1.30 bits per heavy atom. The molecule has 7 heteroatoms. The van der Waals surface area contributed by atoms with Crippen molar-refractivity contribution in [3.8, 4) is 5.75 Å². The molecule has 0 saturated carbocycles. The van der Waals surface area contributed by atoms with E-state index in [0.29, 0.717) is 11.4 Å². The van der Waals surface area contributed by atoms with Crippen molar-refractivity contribution in [3.63, 3.8) is 0 Å². The zero-order valence-electron chi connectivity index (χ0n) is 11.0. The van der Waals surface area contributed by atoms with Gasteiger partial charge in [-0.05, 0) is 30.7 Å². The van der Waals surface area contributed by atoms with Crippen molar-refractivity contribution in [1.29, 1.82) is 0 Å². The number of nitrogens with two attached hydrogens (primary N) is 1. The number of carboxylic acids is 1. The molecule has 4 N–H and O–H groups in total. The zero-order chi connectivity index (χ0) is 15.1. The van der Waals surface area contributed by atoms with Crippen molar-refractivity contribution in [2.45, 2.75) is 25.8 Å². The fourth-order valence-corrected chi connectivity index (χ4v) is 1.39. The highest BCUT2D eigenvalue weighted by molar-refractivity contribution is 5.88. The van der Waals surface area contributed by atoms with Gasteiger partial charge in [0.15, 0.2) is 0 Å². The summed E-state index contributed by atoms with van der Waals surface area (Å²) < 4.78 is 5.00. The van der Waals surface area contributed by atoms with Crippen molar-refractivity contribution in [2.75, 3.05) is 5.32 Å². The summed E-state index contributed by atoms with van der Waals surface area (Å²) in [5.41, 5.74) is 5.87. The number of rotatable bonds is 6. The SMILES string of the molecule is CC(=O)Nc1ccc(OC(=O)CC[C@H](N)C(=O)O)cc1. The molecule has 108 valence electrons. The molecular weight excluding hydrogens is 264 g/mol. The molecule has 0 radical (unpaired) electrons. The van der Waals surface area contributed by atoms with Gasteiger partial charge in [0, 0.05) is 19.0 Å². The van der Waals surface area contributed by atoms with E-state index in [1.165, 1.54) is 19.1 Å². The third-order valence-electron chi connectivity index (χ3n) is 2.38. The number of amides is 1. The smallest absolute Gasteiger partial charge is 0.320 e. The second-order valence-corrected chi connectivity index (χ2v) is 4.16. The number of nitrogens with one attached hydrogen (secondary N) is 1. The molecule has 0 aliphatic rings. The second kappa shape index (κ2) is 7.25. The first-order chi connectivity index (χ1) is 9.38. The number of carbonyl (C=O) groups is 3. The van der Waals surface area contributed by atoms with Crippen molar-refractivity contribution < 1.29 is 24.2 Å². The standard InChI is InChI=1S/C13H16N2O5/c1-8(16)15-9-2-4-10(5-3-9)20-12(17)7-6-11(14)13(18)19/h2-5,11H,6-7,14H2,1H3,(H,15,16)(H,18,19)/t11-/m0/s1. The van der Waals surface area contributed by atoms with E-state index in [4.69, 9.17) is 15.6 Å². The molecule has 0 saturated heterocycles. The summed E-state index contributed by atoms with van der Waals surface area (Å²) in [7, 11) is 0. The number of carbonyl (C=O) groups excluding carboxylic acids is 2. The van der Waals surface area contributed by atoms with Crippen LogP contribution in [0.3, 0.4) is 0 Å². The molecular formula is C13H16N2O5. The van der Waals surface area contributed by atoms with Gasteiger partial charge in [-0.25, -0.2) is 0 Å². The van der Waals surface area contributed by atoms with Crippen LogP contribution < -0.4 is 15.8 Å². The van der Waals surface area contributed by atoms with E-state index >= 15 is 0 Å². The van der Waals surface area contributed by atoms with Gasteiger partial charge in [-0.3, -0.25) is 14.4 Å². The Morgan fingerprint density at radius 3 is 2.40 bits per heavy atom. The lowest BCUT2D eigenvalue weighted by Crippen LogP contribution is -2.31. The third-order valence-corrected chi connectivity index (χ3v) is 2.38. The Morgan fingerprint density at radius 2 is 1.90 bits per heavy atom. The summed E-state index contributed by atoms with van der Waals surface area (Å²) in [6.07, 6.45) is -0.0704. The van der Waals surface area contributed by atoms with E-state index in [2.05, 4.69) is 5.32 Å². The summed E-state index contributed by atoms with van der Waals surface area (Å²) in [4.78, 5) is 32.8. The minimum atomic E-state index is -1.16. The molecule has 0 fully saturated rings. The molecule has 0 aromatic heterocycles. The van der Waals surface area contributed by atoms with Crippen LogP contribution in [0.5, 0.6) is 5.75 Å². The zero-order valence-corrected chi connectivity index (χ0v) is 11.0. The Balaban J connectivity index is 2.46. The number of hydrogen-bond acceptors (Lipinski definition) is 5. The van der Waals surface area contributed by atoms with Gasteiger partial charge in [0.1, 0.15) is 11.8 Å². The fourth-order valence-electron chi connectivity index (χ4n) is 1.39. The van der Waals surface area contributed by atoms with Gasteiger partial charge in [0.25, 0.3) is 0 Å². The van der Waals surface area contributed by atoms with E-state index in [1.807, 2.05) is 0 Å². The molecule has 0 spiro atoms. The minimum Gasteiger partial charge on any atom is -0.480 e. The molecule has 20 heavy (non-hydrogen) atoms. The van der Waals surface area contributed by atoms with E-state index < -0.39 is 18.0 Å². The van der Waals surface area contributed by atoms with Crippen LogP contribution in [0.1, 0.15) is 19.8 Å². The van der Waals surface area contributed by atoms with Crippen LogP contribution in [0.25, 0.3) is 0 Å². The maximum Gasteiger partial charge on any atom is 0.320 e. The normalized spacial score (nSPS) is 11.5. The molecule has 1 amide bonds. The van der Waals surface area contributed by atoms with Gasteiger partial charge in [-0.15, -0.1) is 0 Å². The molecule has 0 bridgehead atoms. The lowest BCUT2D eigenvalue weighted by Gasteiger charge is -2.07. The summed E-state index contributed by atoms with van der Waals surface area (Å²) in [6.45, 7) is 1.39. The number of benzene rings is 1. The molecule has 0 aliphatic carbocycles. The maximum atomic E-state index is 11.5. The van der Waals surface area contributed by atoms with E-state index in [1.54, 1.807) is 12.1 Å². The van der Waals surface area contributed by atoms with E-state index in [0.717, 1.165) is 0 Å². The summed E-state index contributed by atoms with van der Waals surface area (Å²) in [5, 5.41) is 11.2. The van der Waals surface area contributed by atoms with Crippen molar-refractivity contribution in [1.82, 2.24) is 0 Å². The number of aliphatic carboxylic acids is 1. The van der Waals surface area contributed by atoms with Crippen LogP contribution in [-0.2, 0) is 14.4 Å². The van der Waals surface area contributed by atoms with Gasteiger partial charge in [0.05, 0.1) is 0 Å². The number of esters is 1. The monoisotopic (exact) mass is 280 g/mol. The molecule has 1 aromatic rings. The van der Waals surface area contributed by atoms with E-state index in [9.17, 15) is 14.4 Å². The molecule has 7 nitrogen and oxygen atoms in total. The lowest BCUT2D eigenvalue weighted by molar-refractivity contribution is -0.139. The highest BCUT2D eigenvalue weighted by Gasteiger charge is 2.14. The Bertz CT molecular complexity index is 498. The van der Waals surface area contributed by atoms with Gasteiger partial charge >= 0.3 is 11.9 Å². The van der Waals surface area contributed by atoms with Crippen LogP contribution in [0.4, 0.5) is 5.69 Å². The Labute approximate surface area is 115 Å². The molecule has 0 aliphatic heterocycles. The predicted octanol–water partition coefficient (Wildman–Crippen LogP) is 0.742. The van der Waals surface area contributed by atoms with E-state index in [-0.39, 0.29) is 18.7 Å². The highest BCUT2D eigenvalue weighted by atomic mass is 16.5. The summed E-state index contributed by atoms with van der Waals surface area (Å²) in [5.74, 6) is -1.60. The average molecular weight is 280 g/mol. The van der Waals surface area contributed by atoms with Crippen molar-refractivity contribution in [3.05, 3.63) is 24.3 Å². The highest BCUT2D eigenvalue weighted by Crippen LogP contribution is 2.16. The van der Waals surface area contributed by atoms with Crippen LogP contribution in [0.2, 0.25) is 0 Å². The lowest BCUT2D eigenvalue weighted by atomic mass is 10.2. The Kier molecular flexibility index (Phi) is 5.67. The Hall–Kier alpha value is -2.41.